The lowest BCUT2D eigenvalue weighted by molar-refractivity contribution is 0.0637. The topological polar surface area (TPSA) is 65.5 Å². The smallest absolute Gasteiger partial charge is 0.255 e. The van der Waals surface area contributed by atoms with Crippen LogP contribution < -0.4 is 5.32 Å². The summed E-state index contributed by atoms with van der Waals surface area (Å²) in [5.74, 6) is 0.710. The zero-order valence-electron chi connectivity index (χ0n) is 11.3. The van der Waals surface area contributed by atoms with Gasteiger partial charge in [0.1, 0.15) is 5.82 Å². The SMILES string of the molecule is CNc1ccc(C(=O)N(CCO)C2CCCC2)cn1. The fraction of sp³-hybridized carbons (Fsp3) is 0.571. The molecule has 1 fully saturated rings. The molecule has 1 heterocycles. The highest BCUT2D eigenvalue weighted by molar-refractivity contribution is 5.94. The Morgan fingerprint density at radius 1 is 1.47 bits per heavy atom. The quantitative estimate of drug-likeness (QED) is 0.845. The van der Waals surface area contributed by atoms with Gasteiger partial charge in [0.15, 0.2) is 0 Å². The highest BCUT2D eigenvalue weighted by Crippen LogP contribution is 2.24. The summed E-state index contributed by atoms with van der Waals surface area (Å²) in [6.07, 6.45) is 5.99. The van der Waals surface area contributed by atoms with Gasteiger partial charge in [0.25, 0.3) is 5.91 Å². The third-order valence-corrected chi connectivity index (χ3v) is 3.63. The van der Waals surface area contributed by atoms with Gasteiger partial charge in [0.2, 0.25) is 0 Å². The van der Waals surface area contributed by atoms with E-state index in [1.807, 2.05) is 0 Å². The van der Waals surface area contributed by atoms with Gasteiger partial charge in [-0.25, -0.2) is 4.98 Å². The van der Waals surface area contributed by atoms with Gasteiger partial charge >= 0.3 is 0 Å². The van der Waals surface area contributed by atoms with Crippen molar-refractivity contribution in [3.63, 3.8) is 0 Å². The van der Waals surface area contributed by atoms with Crippen LogP contribution in [0.4, 0.5) is 5.82 Å². The second-order valence-corrected chi connectivity index (χ2v) is 4.84. The Bertz CT molecular complexity index is 413. The second kappa shape index (κ2) is 6.52. The molecule has 0 spiro atoms. The van der Waals surface area contributed by atoms with Gasteiger partial charge in [-0.05, 0) is 25.0 Å². The van der Waals surface area contributed by atoms with Gasteiger partial charge in [-0.15, -0.1) is 0 Å². The number of rotatable bonds is 5. The molecule has 0 saturated heterocycles. The van der Waals surface area contributed by atoms with E-state index in [1.165, 1.54) is 0 Å². The largest absolute Gasteiger partial charge is 0.395 e. The summed E-state index contributed by atoms with van der Waals surface area (Å²) in [6.45, 7) is 0.404. The maximum atomic E-state index is 12.5. The monoisotopic (exact) mass is 263 g/mol. The van der Waals surface area contributed by atoms with Crippen LogP contribution >= 0.6 is 0 Å². The molecule has 5 heteroatoms. The standard InChI is InChI=1S/C14H21N3O2/c1-15-13-7-6-11(10-16-13)14(19)17(8-9-18)12-4-2-3-5-12/h6-7,10,12,18H,2-5,8-9H2,1H3,(H,15,16). The molecule has 0 aromatic carbocycles. The molecule has 1 aromatic rings. The van der Waals surface area contributed by atoms with Crippen LogP contribution in [-0.2, 0) is 0 Å². The molecule has 0 radical (unpaired) electrons. The Morgan fingerprint density at radius 2 is 2.21 bits per heavy atom. The van der Waals surface area contributed by atoms with E-state index in [4.69, 9.17) is 5.11 Å². The molecule has 1 amide bonds. The number of hydrogen-bond acceptors (Lipinski definition) is 4. The van der Waals surface area contributed by atoms with Crippen molar-refractivity contribution >= 4 is 11.7 Å². The molecule has 0 aliphatic heterocycles. The van der Waals surface area contributed by atoms with Crippen molar-refractivity contribution in [3.05, 3.63) is 23.9 Å². The number of pyridine rings is 1. The average Bonchev–Trinajstić information content (AvgIpc) is 2.98. The van der Waals surface area contributed by atoms with Crippen LogP contribution in [0.5, 0.6) is 0 Å². The van der Waals surface area contributed by atoms with Crippen molar-refractivity contribution in [3.8, 4) is 0 Å². The molecule has 104 valence electrons. The first-order valence-electron chi connectivity index (χ1n) is 6.82. The second-order valence-electron chi connectivity index (χ2n) is 4.84. The summed E-state index contributed by atoms with van der Waals surface area (Å²) in [4.78, 5) is 18.4. The fourth-order valence-corrected chi connectivity index (χ4v) is 2.61. The van der Waals surface area contributed by atoms with Crippen molar-refractivity contribution < 1.29 is 9.90 Å². The number of aromatic nitrogens is 1. The number of aliphatic hydroxyl groups excluding tert-OH is 1. The molecule has 2 rings (SSSR count). The van der Waals surface area contributed by atoms with E-state index in [9.17, 15) is 4.79 Å². The Labute approximate surface area is 113 Å². The Morgan fingerprint density at radius 3 is 2.74 bits per heavy atom. The molecule has 1 aliphatic rings. The van der Waals surface area contributed by atoms with Crippen LogP contribution in [0.25, 0.3) is 0 Å². The minimum Gasteiger partial charge on any atom is -0.395 e. The molecule has 0 bridgehead atoms. The van der Waals surface area contributed by atoms with E-state index in [2.05, 4.69) is 10.3 Å². The zero-order chi connectivity index (χ0) is 13.7. The summed E-state index contributed by atoms with van der Waals surface area (Å²) in [5.41, 5.74) is 0.583. The summed E-state index contributed by atoms with van der Waals surface area (Å²) in [5, 5.41) is 12.1. The van der Waals surface area contributed by atoms with Gasteiger partial charge in [0.05, 0.1) is 12.2 Å². The van der Waals surface area contributed by atoms with Crippen LogP contribution in [0, 0.1) is 0 Å². The van der Waals surface area contributed by atoms with Gasteiger partial charge in [-0.3, -0.25) is 4.79 Å². The van der Waals surface area contributed by atoms with Crippen LogP contribution in [-0.4, -0.2) is 47.1 Å². The van der Waals surface area contributed by atoms with Crippen LogP contribution in [0.1, 0.15) is 36.0 Å². The normalized spacial score (nSPS) is 15.5. The van der Waals surface area contributed by atoms with Crippen LogP contribution in [0.2, 0.25) is 0 Å². The summed E-state index contributed by atoms with van der Waals surface area (Å²) < 4.78 is 0. The number of amides is 1. The molecule has 1 saturated carbocycles. The lowest BCUT2D eigenvalue weighted by atomic mass is 10.1. The molecule has 0 atom stereocenters. The maximum Gasteiger partial charge on any atom is 0.255 e. The van der Waals surface area contributed by atoms with Crippen LogP contribution in [0.15, 0.2) is 18.3 Å². The van der Waals surface area contributed by atoms with Crippen molar-refractivity contribution in [2.24, 2.45) is 0 Å². The molecule has 1 aliphatic carbocycles. The average molecular weight is 263 g/mol. The number of aliphatic hydroxyl groups is 1. The minimum absolute atomic E-state index is 0.00423. The van der Waals surface area contributed by atoms with Gasteiger partial charge in [-0.1, -0.05) is 12.8 Å². The summed E-state index contributed by atoms with van der Waals surface area (Å²) in [6, 6.07) is 3.84. The molecular weight excluding hydrogens is 242 g/mol. The number of carbonyl (C=O) groups excluding carboxylic acids is 1. The summed E-state index contributed by atoms with van der Waals surface area (Å²) in [7, 11) is 1.79. The molecule has 1 aromatic heterocycles. The number of nitrogens with one attached hydrogen (secondary N) is 1. The van der Waals surface area contributed by atoms with E-state index in [-0.39, 0.29) is 18.6 Å². The number of carbonyl (C=O) groups is 1. The molecular formula is C14H21N3O2. The predicted molar refractivity (Wildman–Crippen MR) is 74.2 cm³/mol. The number of nitrogens with zero attached hydrogens (tertiary/aromatic N) is 2. The first-order chi connectivity index (χ1) is 9.26. The Kier molecular flexibility index (Phi) is 4.74. The minimum atomic E-state index is -0.0314. The van der Waals surface area contributed by atoms with E-state index < -0.39 is 0 Å². The first-order valence-corrected chi connectivity index (χ1v) is 6.82. The number of anilines is 1. The fourth-order valence-electron chi connectivity index (χ4n) is 2.61. The lowest BCUT2D eigenvalue weighted by Crippen LogP contribution is -2.40. The molecule has 0 unspecified atom stereocenters. The third-order valence-electron chi connectivity index (χ3n) is 3.63. The van der Waals surface area contributed by atoms with E-state index in [1.54, 1.807) is 30.3 Å². The highest BCUT2D eigenvalue weighted by atomic mass is 16.3. The van der Waals surface area contributed by atoms with Gasteiger partial charge in [-0.2, -0.15) is 0 Å². The van der Waals surface area contributed by atoms with Gasteiger partial charge in [0, 0.05) is 25.8 Å². The Hall–Kier alpha value is -1.62. The predicted octanol–water partition coefficient (Wildman–Crippen LogP) is 1.50. The van der Waals surface area contributed by atoms with E-state index in [0.29, 0.717) is 12.1 Å². The molecule has 2 N–H and O–H groups in total. The number of hydrogen-bond donors (Lipinski definition) is 2. The van der Waals surface area contributed by atoms with Crippen molar-refractivity contribution in [2.45, 2.75) is 31.7 Å². The maximum absolute atomic E-state index is 12.5. The third kappa shape index (κ3) is 3.23. The first kappa shape index (κ1) is 13.8. The highest BCUT2D eigenvalue weighted by Gasteiger charge is 2.27. The molecule has 5 nitrogen and oxygen atoms in total. The van der Waals surface area contributed by atoms with E-state index in [0.717, 1.165) is 31.5 Å². The summed E-state index contributed by atoms with van der Waals surface area (Å²) >= 11 is 0. The van der Waals surface area contributed by atoms with Crippen molar-refractivity contribution in [2.75, 3.05) is 25.5 Å². The van der Waals surface area contributed by atoms with Crippen LogP contribution in [0.3, 0.4) is 0 Å². The van der Waals surface area contributed by atoms with Crippen molar-refractivity contribution in [1.29, 1.82) is 0 Å². The van der Waals surface area contributed by atoms with Gasteiger partial charge < -0.3 is 15.3 Å². The van der Waals surface area contributed by atoms with E-state index >= 15 is 0 Å². The Balaban J connectivity index is 2.12. The zero-order valence-corrected chi connectivity index (χ0v) is 11.3. The molecule has 19 heavy (non-hydrogen) atoms. The van der Waals surface area contributed by atoms with Crippen molar-refractivity contribution in [1.82, 2.24) is 9.88 Å². The lowest BCUT2D eigenvalue weighted by Gasteiger charge is -2.28.